The molecule has 0 N–H and O–H groups in total. The Morgan fingerprint density at radius 2 is 2.05 bits per heavy atom. The molecule has 0 unspecified atom stereocenters. The average molecular weight is 302 g/mol. The molecular formula is C16H14O4S. The Kier molecular flexibility index (Phi) is 4.01. The molecule has 0 aliphatic carbocycles. The number of carbonyl (C=O) groups is 1. The van der Waals surface area contributed by atoms with Crippen molar-refractivity contribution in [2.45, 2.75) is 4.90 Å². The third kappa shape index (κ3) is 3.13. The molecule has 3 rings (SSSR count). The van der Waals surface area contributed by atoms with Crippen LogP contribution in [0.5, 0.6) is 17.2 Å². The highest BCUT2D eigenvalue weighted by molar-refractivity contribution is 8.00. The van der Waals surface area contributed by atoms with Crippen molar-refractivity contribution in [3.63, 3.8) is 0 Å². The second kappa shape index (κ2) is 6.10. The molecule has 0 saturated carbocycles. The second-order valence-electron chi connectivity index (χ2n) is 4.46. The van der Waals surface area contributed by atoms with Gasteiger partial charge in [-0.25, -0.2) is 0 Å². The predicted molar refractivity (Wildman–Crippen MR) is 80.6 cm³/mol. The minimum Gasteiger partial charge on any atom is -0.497 e. The van der Waals surface area contributed by atoms with Crippen LogP contribution in [0.4, 0.5) is 0 Å². The zero-order valence-electron chi connectivity index (χ0n) is 11.5. The lowest BCUT2D eigenvalue weighted by molar-refractivity contribution is 0.102. The highest BCUT2D eigenvalue weighted by atomic mass is 32.2. The second-order valence-corrected chi connectivity index (χ2v) is 5.51. The van der Waals surface area contributed by atoms with Crippen molar-refractivity contribution in [3.05, 3.63) is 48.0 Å². The van der Waals surface area contributed by atoms with Crippen LogP contribution in [-0.2, 0) is 0 Å². The van der Waals surface area contributed by atoms with Gasteiger partial charge >= 0.3 is 0 Å². The number of ether oxygens (including phenoxy) is 3. The molecule has 0 bridgehead atoms. The first kappa shape index (κ1) is 13.8. The SMILES string of the molecule is COc1cccc(SCC(=O)c2ccc3c(c2)OCO3)c1. The number of ketones is 1. The van der Waals surface area contributed by atoms with Crippen LogP contribution in [0.25, 0.3) is 0 Å². The van der Waals surface area contributed by atoms with E-state index in [-0.39, 0.29) is 12.6 Å². The molecule has 0 atom stereocenters. The van der Waals surface area contributed by atoms with Gasteiger partial charge in [-0.05, 0) is 36.4 Å². The topological polar surface area (TPSA) is 44.8 Å². The number of carbonyl (C=O) groups excluding carboxylic acids is 1. The van der Waals surface area contributed by atoms with E-state index in [0.717, 1.165) is 10.6 Å². The highest BCUT2D eigenvalue weighted by Gasteiger charge is 2.16. The van der Waals surface area contributed by atoms with Crippen molar-refractivity contribution >= 4 is 17.5 Å². The smallest absolute Gasteiger partial charge is 0.231 e. The van der Waals surface area contributed by atoms with Gasteiger partial charge in [0.2, 0.25) is 6.79 Å². The normalized spacial score (nSPS) is 12.2. The van der Waals surface area contributed by atoms with Crippen LogP contribution in [0.2, 0.25) is 0 Å². The monoisotopic (exact) mass is 302 g/mol. The maximum absolute atomic E-state index is 12.2. The van der Waals surface area contributed by atoms with E-state index in [4.69, 9.17) is 14.2 Å². The third-order valence-corrected chi connectivity index (χ3v) is 4.10. The Morgan fingerprint density at radius 3 is 2.90 bits per heavy atom. The zero-order valence-corrected chi connectivity index (χ0v) is 12.3. The Hall–Kier alpha value is -2.14. The van der Waals surface area contributed by atoms with Gasteiger partial charge in [0.1, 0.15) is 5.75 Å². The van der Waals surface area contributed by atoms with Gasteiger partial charge < -0.3 is 14.2 Å². The van der Waals surface area contributed by atoms with Crippen LogP contribution in [-0.4, -0.2) is 25.4 Å². The summed E-state index contributed by atoms with van der Waals surface area (Å²) in [7, 11) is 1.63. The molecule has 0 saturated heterocycles. The molecule has 5 heteroatoms. The van der Waals surface area contributed by atoms with Gasteiger partial charge in [-0.15, -0.1) is 11.8 Å². The predicted octanol–water partition coefficient (Wildman–Crippen LogP) is 3.40. The summed E-state index contributed by atoms with van der Waals surface area (Å²) in [5, 5.41) is 0. The minimum atomic E-state index is 0.0566. The minimum absolute atomic E-state index is 0.0566. The molecular weight excluding hydrogens is 288 g/mol. The van der Waals surface area contributed by atoms with E-state index in [9.17, 15) is 4.79 Å². The van der Waals surface area contributed by atoms with Crippen molar-refractivity contribution < 1.29 is 19.0 Å². The maximum atomic E-state index is 12.2. The van der Waals surface area contributed by atoms with Gasteiger partial charge in [0.15, 0.2) is 17.3 Å². The molecule has 0 radical (unpaired) electrons. The first-order chi connectivity index (χ1) is 10.3. The van der Waals surface area contributed by atoms with E-state index in [2.05, 4.69) is 0 Å². The van der Waals surface area contributed by atoms with Gasteiger partial charge in [-0.2, -0.15) is 0 Å². The zero-order chi connectivity index (χ0) is 14.7. The fraction of sp³-hybridized carbons (Fsp3) is 0.188. The molecule has 1 aliphatic heterocycles. The summed E-state index contributed by atoms with van der Waals surface area (Å²) in [6, 6.07) is 12.9. The van der Waals surface area contributed by atoms with E-state index in [1.54, 1.807) is 25.3 Å². The molecule has 0 spiro atoms. The largest absolute Gasteiger partial charge is 0.497 e. The van der Waals surface area contributed by atoms with Gasteiger partial charge in [-0.3, -0.25) is 4.79 Å². The van der Waals surface area contributed by atoms with Gasteiger partial charge in [0.25, 0.3) is 0 Å². The number of methoxy groups -OCH3 is 1. The van der Waals surface area contributed by atoms with Crippen molar-refractivity contribution in [1.82, 2.24) is 0 Å². The van der Waals surface area contributed by atoms with E-state index in [1.165, 1.54) is 11.8 Å². The number of hydrogen-bond acceptors (Lipinski definition) is 5. The average Bonchev–Trinajstić information content (AvgIpc) is 3.00. The summed E-state index contributed by atoms with van der Waals surface area (Å²) in [5.74, 6) is 2.53. The van der Waals surface area contributed by atoms with E-state index in [0.29, 0.717) is 22.8 Å². The molecule has 0 fully saturated rings. The van der Waals surface area contributed by atoms with E-state index < -0.39 is 0 Å². The summed E-state index contributed by atoms with van der Waals surface area (Å²) in [6.45, 7) is 0.214. The number of fused-ring (bicyclic) bond motifs is 1. The fourth-order valence-electron chi connectivity index (χ4n) is 1.99. The van der Waals surface area contributed by atoms with Crippen molar-refractivity contribution in [2.75, 3.05) is 19.7 Å². The van der Waals surface area contributed by atoms with Crippen LogP contribution in [0.3, 0.4) is 0 Å². The molecule has 108 valence electrons. The lowest BCUT2D eigenvalue weighted by Crippen LogP contribution is -2.02. The van der Waals surface area contributed by atoms with E-state index in [1.807, 2.05) is 24.3 Å². The number of thioether (sulfide) groups is 1. The highest BCUT2D eigenvalue weighted by Crippen LogP contribution is 2.33. The molecule has 4 nitrogen and oxygen atoms in total. The summed E-state index contributed by atoms with van der Waals surface area (Å²) >= 11 is 1.48. The standard InChI is InChI=1S/C16H14O4S/c1-18-12-3-2-4-13(8-12)21-9-14(17)11-5-6-15-16(7-11)20-10-19-15/h2-8H,9-10H2,1H3. The Morgan fingerprint density at radius 1 is 1.19 bits per heavy atom. The first-order valence-electron chi connectivity index (χ1n) is 6.46. The Labute approximate surface area is 127 Å². The molecule has 2 aromatic carbocycles. The molecule has 1 heterocycles. The third-order valence-electron chi connectivity index (χ3n) is 3.11. The fourth-order valence-corrected chi connectivity index (χ4v) is 2.83. The molecule has 0 amide bonds. The van der Waals surface area contributed by atoms with Crippen molar-refractivity contribution in [2.24, 2.45) is 0 Å². The van der Waals surface area contributed by atoms with Gasteiger partial charge in [0.05, 0.1) is 12.9 Å². The number of benzene rings is 2. The number of Topliss-reactive ketones (excluding diaryl/α,β-unsaturated/α-hetero) is 1. The quantitative estimate of drug-likeness (QED) is 0.625. The summed E-state index contributed by atoms with van der Waals surface area (Å²) < 4.78 is 15.7. The summed E-state index contributed by atoms with van der Waals surface area (Å²) in [5.41, 5.74) is 0.634. The van der Waals surface area contributed by atoms with Gasteiger partial charge in [0, 0.05) is 10.5 Å². The maximum Gasteiger partial charge on any atom is 0.231 e. The number of rotatable bonds is 5. The lowest BCUT2D eigenvalue weighted by Gasteiger charge is -2.05. The van der Waals surface area contributed by atoms with Crippen LogP contribution >= 0.6 is 11.8 Å². The summed E-state index contributed by atoms with van der Waals surface area (Å²) in [6.07, 6.45) is 0. The molecule has 0 aromatic heterocycles. The first-order valence-corrected chi connectivity index (χ1v) is 7.44. The van der Waals surface area contributed by atoms with Gasteiger partial charge in [-0.1, -0.05) is 6.07 Å². The van der Waals surface area contributed by atoms with Crippen LogP contribution in [0, 0.1) is 0 Å². The van der Waals surface area contributed by atoms with Crippen molar-refractivity contribution in [3.8, 4) is 17.2 Å². The van der Waals surface area contributed by atoms with Crippen molar-refractivity contribution in [1.29, 1.82) is 0 Å². The molecule has 2 aromatic rings. The Balaban J connectivity index is 1.66. The van der Waals surface area contributed by atoms with Crippen LogP contribution in [0.1, 0.15) is 10.4 Å². The van der Waals surface area contributed by atoms with Crippen LogP contribution < -0.4 is 14.2 Å². The van der Waals surface area contributed by atoms with Crippen LogP contribution in [0.15, 0.2) is 47.4 Å². The Bertz CT molecular complexity index is 669. The molecule has 21 heavy (non-hydrogen) atoms. The molecule has 1 aliphatic rings. The number of hydrogen-bond donors (Lipinski definition) is 0. The lowest BCUT2D eigenvalue weighted by atomic mass is 10.1. The summed E-state index contributed by atoms with van der Waals surface area (Å²) in [4.78, 5) is 13.2. The van der Waals surface area contributed by atoms with E-state index >= 15 is 0 Å².